The molecule has 1 atom stereocenters. The van der Waals surface area contributed by atoms with E-state index in [0.29, 0.717) is 5.56 Å². The third-order valence-corrected chi connectivity index (χ3v) is 9.84. The molecule has 2 aromatic heterocycles. The summed E-state index contributed by atoms with van der Waals surface area (Å²) in [4.78, 5) is 0. The van der Waals surface area contributed by atoms with E-state index in [2.05, 4.69) is 92.1 Å². The highest BCUT2D eigenvalue weighted by Gasteiger charge is 2.59. The molecule has 2 nitrogen and oxygen atoms in total. The largest absolute Gasteiger partial charge is 0.296 e. The van der Waals surface area contributed by atoms with Crippen LogP contribution < -0.4 is 4.57 Å². The smallest absolute Gasteiger partial charge is 0.218 e. The molecule has 3 aliphatic rings. The molecule has 168 valence electrons. The molecule has 3 aromatic carbocycles. The zero-order valence-electron chi connectivity index (χ0n) is 23.5. The van der Waals surface area contributed by atoms with Crippen LogP contribution >= 0.6 is 0 Å². The number of nitrogens with zero attached hydrogens (tertiary/aromatic N) is 2. The third-order valence-electron chi connectivity index (χ3n) is 9.84. The SMILES string of the molecule is [2H]C([2H])([2H])c1ccc2c3c1c1cccc4c1c1n3c3c([n+]1C4)-c1ccccc1C(C)(C)CC3(C)C2(C)C. The van der Waals surface area contributed by atoms with Crippen molar-refractivity contribution in [3.05, 3.63) is 82.5 Å². The van der Waals surface area contributed by atoms with E-state index in [-0.39, 0.29) is 16.2 Å². The molecule has 1 unspecified atom stereocenters. The highest BCUT2D eigenvalue weighted by molar-refractivity contribution is 6.15. The van der Waals surface area contributed by atoms with Crippen LogP contribution in [0.15, 0.2) is 54.6 Å². The molecule has 0 fully saturated rings. The Kier molecular flexibility index (Phi) is 2.62. The molecule has 2 aliphatic heterocycles. The zero-order chi connectivity index (χ0) is 25.9. The Balaban J connectivity index is 1.75. The minimum atomic E-state index is -2.19. The highest BCUT2D eigenvalue weighted by Crippen LogP contribution is 2.60. The van der Waals surface area contributed by atoms with Crippen LogP contribution in [0.1, 0.15) is 73.1 Å². The van der Waals surface area contributed by atoms with Crippen LogP contribution in [0.2, 0.25) is 0 Å². The first-order valence-electron chi connectivity index (χ1n) is 14.0. The van der Waals surface area contributed by atoms with Crippen LogP contribution in [-0.2, 0) is 22.8 Å². The first-order valence-corrected chi connectivity index (χ1v) is 12.5. The Morgan fingerprint density at radius 2 is 1.71 bits per heavy atom. The van der Waals surface area contributed by atoms with Crippen molar-refractivity contribution in [3.8, 4) is 11.3 Å². The molecule has 0 spiro atoms. The van der Waals surface area contributed by atoms with Crippen molar-refractivity contribution in [2.24, 2.45) is 0 Å². The van der Waals surface area contributed by atoms with Gasteiger partial charge in [-0.25, -0.2) is 4.57 Å². The predicted molar refractivity (Wildman–Crippen MR) is 140 cm³/mol. The molecule has 0 amide bonds. The lowest BCUT2D eigenvalue weighted by molar-refractivity contribution is -0.646. The lowest BCUT2D eigenvalue weighted by Gasteiger charge is -2.48. The molecule has 0 bridgehead atoms. The van der Waals surface area contributed by atoms with E-state index in [0.717, 1.165) is 29.3 Å². The second kappa shape index (κ2) is 5.40. The first-order chi connectivity index (χ1) is 17.4. The molecule has 8 rings (SSSR count). The van der Waals surface area contributed by atoms with Crippen molar-refractivity contribution >= 4 is 27.3 Å². The molecule has 34 heavy (non-hydrogen) atoms. The normalized spacial score (nSPS) is 24.4. The van der Waals surface area contributed by atoms with E-state index in [1.807, 2.05) is 6.07 Å². The van der Waals surface area contributed by atoms with Crippen molar-refractivity contribution in [1.82, 2.24) is 4.40 Å². The standard InChI is InChI=1S/C32H31N2/c1-18-14-15-23-27-24(18)21-12-9-10-19-16-33-26-20-11-7-8-13-22(20)30(2,3)17-32(6,31(23,4)5)28(26)34(27)29(33)25(19)21/h7-15H,16-17H2,1-6H3/q+1/i1D3. The minimum absolute atomic E-state index is 0.0282. The summed E-state index contributed by atoms with van der Waals surface area (Å²) in [6, 6.07) is 19.4. The molecular weight excluding hydrogens is 412 g/mol. The number of aromatic nitrogens is 2. The van der Waals surface area contributed by atoms with Gasteiger partial charge in [-0.05, 0) is 29.8 Å². The Morgan fingerprint density at radius 1 is 0.882 bits per heavy atom. The second-order valence-electron chi connectivity index (χ2n) is 12.2. The maximum atomic E-state index is 8.48. The van der Waals surface area contributed by atoms with Crippen LogP contribution in [0.4, 0.5) is 0 Å². The van der Waals surface area contributed by atoms with E-state index in [1.54, 1.807) is 0 Å². The molecule has 0 N–H and O–H groups in total. The number of aryl methyl sites for hydroxylation is 1. The van der Waals surface area contributed by atoms with E-state index in [4.69, 9.17) is 4.11 Å². The highest BCUT2D eigenvalue weighted by atomic mass is 15.2. The van der Waals surface area contributed by atoms with Crippen molar-refractivity contribution in [1.29, 1.82) is 0 Å². The first kappa shape index (κ1) is 16.5. The summed E-state index contributed by atoms with van der Waals surface area (Å²) in [6.07, 6.45) is 1.00. The molecule has 5 aromatic rings. The van der Waals surface area contributed by atoms with Crippen molar-refractivity contribution < 1.29 is 8.68 Å². The second-order valence-corrected chi connectivity index (χ2v) is 12.2. The lowest BCUT2D eigenvalue weighted by Crippen LogP contribution is -2.49. The summed E-state index contributed by atoms with van der Waals surface area (Å²) in [7, 11) is 0. The van der Waals surface area contributed by atoms with Gasteiger partial charge in [0.15, 0.2) is 11.4 Å². The average molecular weight is 447 g/mol. The number of hydrogen-bond donors (Lipinski definition) is 0. The number of hydrogen-bond acceptors (Lipinski definition) is 0. The zero-order valence-corrected chi connectivity index (χ0v) is 20.5. The van der Waals surface area contributed by atoms with Crippen molar-refractivity contribution in [3.63, 3.8) is 0 Å². The number of fused-ring (bicyclic) bond motifs is 4. The summed E-state index contributed by atoms with van der Waals surface area (Å²) in [5.74, 6) is 0. The molecule has 2 heteroatoms. The van der Waals surface area contributed by atoms with Gasteiger partial charge in [0.05, 0.1) is 5.39 Å². The van der Waals surface area contributed by atoms with Gasteiger partial charge < -0.3 is 0 Å². The summed E-state index contributed by atoms with van der Waals surface area (Å²) in [5.41, 5.74) is 10.3. The van der Waals surface area contributed by atoms with Gasteiger partial charge in [0, 0.05) is 42.4 Å². The number of benzene rings is 3. The number of pyridine rings is 1. The van der Waals surface area contributed by atoms with Gasteiger partial charge in [-0.3, -0.25) is 0 Å². The maximum absolute atomic E-state index is 8.48. The maximum Gasteiger partial charge on any atom is 0.296 e. The monoisotopic (exact) mass is 446 g/mol. The lowest BCUT2D eigenvalue weighted by atomic mass is 9.55. The van der Waals surface area contributed by atoms with E-state index < -0.39 is 6.85 Å². The fourth-order valence-electron chi connectivity index (χ4n) is 8.10. The molecule has 0 radical (unpaired) electrons. The third kappa shape index (κ3) is 1.79. The Hall–Kier alpha value is -3.13. The van der Waals surface area contributed by atoms with Gasteiger partial charge in [0.1, 0.15) is 12.1 Å². The molecule has 0 saturated carbocycles. The van der Waals surface area contributed by atoms with Gasteiger partial charge in [-0.1, -0.05) is 89.2 Å². The topological polar surface area (TPSA) is 8.29 Å². The minimum Gasteiger partial charge on any atom is -0.218 e. The van der Waals surface area contributed by atoms with E-state index >= 15 is 0 Å². The van der Waals surface area contributed by atoms with E-state index in [9.17, 15) is 0 Å². The number of rotatable bonds is 0. The molecule has 0 saturated heterocycles. The molecule has 1 aliphatic carbocycles. The molecular formula is C32H31N2+. The fourth-order valence-corrected chi connectivity index (χ4v) is 8.10. The summed E-state index contributed by atoms with van der Waals surface area (Å²) < 4.78 is 30.5. The van der Waals surface area contributed by atoms with Gasteiger partial charge in [-0.15, -0.1) is 0 Å². The van der Waals surface area contributed by atoms with Crippen LogP contribution in [0.25, 0.3) is 38.6 Å². The number of imidazole rings is 1. The Bertz CT molecular complexity index is 1890. The predicted octanol–water partition coefficient (Wildman–Crippen LogP) is 7.10. The van der Waals surface area contributed by atoms with Crippen molar-refractivity contribution in [2.45, 2.75) is 70.7 Å². The fraction of sp³-hybridized carbons (Fsp3) is 0.344. The van der Waals surface area contributed by atoms with Crippen LogP contribution in [-0.4, -0.2) is 4.40 Å². The van der Waals surface area contributed by atoms with Crippen LogP contribution in [0.3, 0.4) is 0 Å². The van der Waals surface area contributed by atoms with Gasteiger partial charge in [0.2, 0.25) is 0 Å². The van der Waals surface area contributed by atoms with Crippen LogP contribution in [0, 0.1) is 6.85 Å². The van der Waals surface area contributed by atoms with Gasteiger partial charge in [0.25, 0.3) is 5.65 Å². The molecule has 4 heterocycles. The van der Waals surface area contributed by atoms with Gasteiger partial charge in [-0.2, -0.15) is 4.40 Å². The van der Waals surface area contributed by atoms with E-state index in [1.165, 1.54) is 44.7 Å². The summed E-state index contributed by atoms with van der Waals surface area (Å²) in [5, 5.41) is 3.19. The summed E-state index contributed by atoms with van der Waals surface area (Å²) in [6.45, 7) is 10.6. The quantitative estimate of drug-likeness (QED) is 0.174. The Morgan fingerprint density at radius 3 is 2.53 bits per heavy atom. The van der Waals surface area contributed by atoms with Gasteiger partial charge >= 0.3 is 0 Å². The summed E-state index contributed by atoms with van der Waals surface area (Å²) >= 11 is 0. The average Bonchev–Trinajstić information content (AvgIpc) is 3.34. The Labute approximate surface area is 205 Å². The van der Waals surface area contributed by atoms with Crippen LogP contribution in [0.5, 0.6) is 0 Å². The van der Waals surface area contributed by atoms with Crippen molar-refractivity contribution in [2.75, 3.05) is 0 Å².